The summed E-state index contributed by atoms with van der Waals surface area (Å²) in [5.41, 5.74) is 1.00. The predicted octanol–water partition coefficient (Wildman–Crippen LogP) is 3.03. The Hall–Kier alpha value is -2.15. The number of likely N-dealkylation sites (tertiary alicyclic amines) is 1. The molecule has 7 heteroatoms. The lowest BCUT2D eigenvalue weighted by Gasteiger charge is -2.39. The zero-order valence-electron chi connectivity index (χ0n) is 15.6. The Morgan fingerprint density at radius 3 is 2.78 bits per heavy atom. The molecule has 2 fully saturated rings. The van der Waals surface area contributed by atoms with Gasteiger partial charge in [0.2, 0.25) is 5.91 Å². The number of hydrogen-bond acceptors (Lipinski definition) is 3. The van der Waals surface area contributed by atoms with Gasteiger partial charge in [-0.2, -0.15) is 0 Å². The lowest BCUT2D eigenvalue weighted by Crippen LogP contribution is -2.46. The zero-order chi connectivity index (χ0) is 19.2. The number of carboxylic acid groups (broad SMARTS) is 1. The Morgan fingerprint density at radius 2 is 2.11 bits per heavy atom. The number of hydrogen-bond donors (Lipinski definition) is 2. The first-order valence-electron chi connectivity index (χ1n) is 9.79. The molecule has 2 heterocycles. The van der Waals surface area contributed by atoms with E-state index in [1.807, 2.05) is 6.92 Å². The Balaban J connectivity index is 1.43. The second-order valence-electron chi connectivity index (χ2n) is 7.96. The van der Waals surface area contributed by atoms with Crippen LogP contribution in [0.3, 0.4) is 0 Å². The number of likely N-dealkylation sites (N-methyl/N-ethyl adjacent to an activating group) is 1. The van der Waals surface area contributed by atoms with Crippen LogP contribution in [-0.2, 0) is 10.2 Å². The molecule has 2 amide bonds. The van der Waals surface area contributed by atoms with Crippen molar-refractivity contribution in [3.8, 4) is 0 Å². The number of anilines is 1. The van der Waals surface area contributed by atoms with Gasteiger partial charge in [-0.25, -0.2) is 9.18 Å². The van der Waals surface area contributed by atoms with Crippen LogP contribution in [0.1, 0.15) is 44.6 Å². The van der Waals surface area contributed by atoms with Crippen molar-refractivity contribution in [2.45, 2.75) is 56.5 Å². The summed E-state index contributed by atoms with van der Waals surface area (Å²) in [4.78, 5) is 28.0. The van der Waals surface area contributed by atoms with Gasteiger partial charge in [0.25, 0.3) is 0 Å². The maximum atomic E-state index is 13.5. The van der Waals surface area contributed by atoms with Gasteiger partial charge in [-0.05, 0) is 56.7 Å². The average molecular weight is 375 g/mol. The van der Waals surface area contributed by atoms with E-state index in [1.54, 1.807) is 6.07 Å². The molecule has 0 unspecified atom stereocenters. The van der Waals surface area contributed by atoms with E-state index in [1.165, 1.54) is 17.0 Å². The molecule has 1 saturated carbocycles. The molecule has 4 rings (SSSR count). The minimum Gasteiger partial charge on any atom is -0.465 e. The molecule has 1 aromatic rings. The number of rotatable bonds is 3. The average Bonchev–Trinajstić information content (AvgIpc) is 3.20. The second-order valence-corrected chi connectivity index (χ2v) is 7.96. The molecule has 0 radical (unpaired) electrons. The summed E-state index contributed by atoms with van der Waals surface area (Å²) < 4.78 is 13.5. The van der Waals surface area contributed by atoms with E-state index in [2.05, 4.69) is 10.2 Å². The maximum Gasteiger partial charge on any atom is 0.407 e. The molecule has 146 valence electrons. The van der Waals surface area contributed by atoms with Crippen molar-refractivity contribution in [1.82, 2.24) is 9.80 Å². The third kappa shape index (κ3) is 2.98. The standard InChI is InChI=1S/C20H26FN3O3/c1-2-24(19(26)27)15-7-10-23(12-15)14-5-8-20(9-6-14)16-4-3-13(21)11-17(16)22-18(20)25/h3-4,11,14-15H,2,5-10,12H2,1H3,(H,22,25)(H,26,27)/t14?,15-,20?/m0/s1. The zero-order valence-corrected chi connectivity index (χ0v) is 15.6. The van der Waals surface area contributed by atoms with Crippen molar-refractivity contribution in [1.29, 1.82) is 0 Å². The van der Waals surface area contributed by atoms with Crippen LogP contribution in [0.4, 0.5) is 14.9 Å². The number of carbonyl (C=O) groups excluding carboxylic acids is 1. The summed E-state index contributed by atoms with van der Waals surface area (Å²) >= 11 is 0. The van der Waals surface area contributed by atoms with Gasteiger partial charge in [0.05, 0.1) is 5.41 Å². The molecule has 1 aromatic carbocycles. The van der Waals surface area contributed by atoms with Gasteiger partial charge in [-0.3, -0.25) is 9.69 Å². The highest BCUT2D eigenvalue weighted by atomic mass is 19.1. The van der Waals surface area contributed by atoms with Gasteiger partial charge in [0, 0.05) is 37.4 Å². The highest BCUT2D eigenvalue weighted by molar-refractivity contribution is 6.06. The Morgan fingerprint density at radius 1 is 1.37 bits per heavy atom. The number of carbonyl (C=O) groups is 2. The molecule has 1 saturated heterocycles. The predicted molar refractivity (Wildman–Crippen MR) is 99.3 cm³/mol. The summed E-state index contributed by atoms with van der Waals surface area (Å²) in [6, 6.07) is 5.03. The van der Waals surface area contributed by atoms with Crippen LogP contribution in [0.15, 0.2) is 18.2 Å². The quantitative estimate of drug-likeness (QED) is 0.852. The fraction of sp³-hybridized carbons (Fsp3) is 0.600. The normalized spacial score (nSPS) is 30.4. The van der Waals surface area contributed by atoms with Crippen LogP contribution in [0, 0.1) is 5.82 Å². The maximum absolute atomic E-state index is 13.5. The monoisotopic (exact) mass is 375 g/mol. The molecular formula is C20H26FN3O3. The minimum atomic E-state index is -0.849. The lowest BCUT2D eigenvalue weighted by molar-refractivity contribution is -0.122. The third-order valence-corrected chi connectivity index (χ3v) is 6.73. The molecule has 2 N–H and O–H groups in total. The highest BCUT2D eigenvalue weighted by Crippen LogP contribution is 2.48. The van der Waals surface area contributed by atoms with Crippen LogP contribution in [0.2, 0.25) is 0 Å². The van der Waals surface area contributed by atoms with Crippen LogP contribution in [0.5, 0.6) is 0 Å². The molecule has 0 aromatic heterocycles. The summed E-state index contributed by atoms with van der Waals surface area (Å²) in [6.45, 7) is 4.06. The summed E-state index contributed by atoms with van der Waals surface area (Å²) in [5, 5.41) is 12.2. The molecule has 6 nitrogen and oxygen atoms in total. The van der Waals surface area contributed by atoms with E-state index in [4.69, 9.17) is 0 Å². The number of nitrogens with one attached hydrogen (secondary N) is 1. The van der Waals surface area contributed by atoms with Gasteiger partial charge in [0.15, 0.2) is 0 Å². The van der Waals surface area contributed by atoms with Crippen molar-refractivity contribution < 1.29 is 19.1 Å². The molecule has 0 bridgehead atoms. The second kappa shape index (κ2) is 6.78. The van der Waals surface area contributed by atoms with Gasteiger partial charge < -0.3 is 15.3 Å². The number of benzene rings is 1. The van der Waals surface area contributed by atoms with Gasteiger partial charge in [0.1, 0.15) is 5.82 Å². The van der Waals surface area contributed by atoms with Crippen LogP contribution in [0.25, 0.3) is 0 Å². The van der Waals surface area contributed by atoms with E-state index in [9.17, 15) is 19.1 Å². The molecule has 1 atom stereocenters. The Bertz CT molecular complexity index is 761. The third-order valence-electron chi connectivity index (χ3n) is 6.73. The van der Waals surface area contributed by atoms with E-state index < -0.39 is 11.5 Å². The van der Waals surface area contributed by atoms with Gasteiger partial charge in [-0.15, -0.1) is 0 Å². The van der Waals surface area contributed by atoms with Crippen molar-refractivity contribution >= 4 is 17.7 Å². The van der Waals surface area contributed by atoms with Crippen molar-refractivity contribution in [2.75, 3.05) is 25.0 Å². The molecule has 27 heavy (non-hydrogen) atoms. The number of halogens is 1. The first-order valence-corrected chi connectivity index (χ1v) is 9.79. The SMILES string of the molecule is CCN(C(=O)O)[C@H]1CCN(C2CCC3(CC2)C(=O)Nc2cc(F)ccc23)C1. The van der Waals surface area contributed by atoms with E-state index in [0.717, 1.165) is 50.8 Å². The van der Waals surface area contributed by atoms with Crippen LogP contribution < -0.4 is 5.32 Å². The molecule has 1 aliphatic carbocycles. The van der Waals surface area contributed by atoms with Crippen LogP contribution in [-0.4, -0.2) is 58.6 Å². The highest BCUT2D eigenvalue weighted by Gasteiger charge is 2.49. The molecule has 3 aliphatic rings. The summed E-state index contributed by atoms with van der Waals surface area (Å²) in [5.74, 6) is -0.342. The fourth-order valence-corrected chi connectivity index (χ4v) is 5.26. The Labute approximate surface area is 158 Å². The smallest absolute Gasteiger partial charge is 0.407 e. The largest absolute Gasteiger partial charge is 0.465 e. The van der Waals surface area contributed by atoms with Crippen molar-refractivity contribution in [3.63, 3.8) is 0 Å². The van der Waals surface area contributed by atoms with E-state index >= 15 is 0 Å². The minimum absolute atomic E-state index is 0.0103. The number of amides is 2. The number of fused-ring (bicyclic) bond motifs is 2. The van der Waals surface area contributed by atoms with Crippen LogP contribution >= 0.6 is 0 Å². The first-order chi connectivity index (χ1) is 12.9. The topological polar surface area (TPSA) is 72.9 Å². The van der Waals surface area contributed by atoms with Crippen molar-refractivity contribution in [3.05, 3.63) is 29.6 Å². The van der Waals surface area contributed by atoms with E-state index in [0.29, 0.717) is 18.3 Å². The fourth-order valence-electron chi connectivity index (χ4n) is 5.26. The number of nitrogens with zero attached hydrogens (tertiary/aromatic N) is 2. The van der Waals surface area contributed by atoms with Gasteiger partial charge >= 0.3 is 6.09 Å². The van der Waals surface area contributed by atoms with E-state index in [-0.39, 0.29) is 17.8 Å². The van der Waals surface area contributed by atoms with Crippen molar-refractivity contribution in [2.24, 2.45) is 0 Å². The first kappa shape index (κ1) is 18.2. The summed E-state index contributed by atoms with van der Waals surface area (Å²) in [6.07, 6.45) is 3.31. The Kier molecular flexibility index (Phi) is 4.58. The molecule has 2 aliphatic heterocycles. The molecular weight excluding hydrogens is 349 g/mol. The van der Waals surface area contributed by atoms with Gasteiger partial charge in [-0.1, -0.05) is 6.07 Å². The lowest BCUT2D eigenvalue weighted by atomic mass is 9.68. The summed E-state index contributed by atoms with van der Waals surface area (Å²) in [7, 11) is 0. The molecule has 1 spiro atoms.